The molecule has 1 heterocycles. The number of hydrogen-bond donors (Lipinski definition) is 3. The lowest BCUT2D eigenvalue weighted by atomic mass is 9.87. The summed E-state index contributed by atoms with van der Waals surface area (Å²) in [6.07, 6.45) is -4.69. The normalized spacial score (nSPS) is 20.8. The van der Waals surface area contributed by atoms with Gasteiger partial charge in [0.1, 0.15) is 5.54 Å². The second kappa shape index (κ2) is 4.26. The lowest BCUT2D eigenvalue weighted by Gasteiger charge is -2.39. The van der Waals surface area contributed by atoms with Crippen molar-refractivity contribution in [3.8, 4) is 0 Å². The Balaban J connectivity index is 2.80. The monoisotopic (exact) mass is 225 g/mol. The number of alkyl halides is 3. The summed E-state index contributed by atoms with van der Waals surface area (Å²) in [5.74, 6) is 0. The van der Waals surface area contributed by atoms with E-state index in [1.807, 2.05) is 5.32 Å². The molecule has 3 N–H and O–H groups in total. The molecule has 0 aromatic heterocycles. The van der Waals surface area contributed by atoms with Gasteiger partial charge in [-0.25, -0.2) is 4.79 Å². The second-order valence-corrected chi connectivity index (χ2v) is 3.53. The quantitative estimate of drug-likeness (QED) is 0.612. The molecule has 0 atom stereocenters. The highest BCUT2D eigenvalue weighted by molar-refractivity contribution is 5.74. The van der Waals surface area contributed by atoms with Crippen LogP contribution in [-0.2, 0) is 0 Å². The number of carbonyl (C=O) groups is 1. The maximum absolute atomic E-state index is 12.8. The van der Waals surface area contributed by atoms with Crippen molar-refractivity contribution >= 4 is 6.03 Å². The zero-order valence-electron chi connectivity index (χ0n) is 8.37. The van der Waals surface area contributed by atoms with Gasteiger partial charge >= 0.3 is 12.2 Å². The molecule has 0 saturated carbocycles. The van der Waals surface area contributed by atoms with Gasteiger partial charge in [-0.15, -0.1) is 0 Å². The Morgan fingerprint density at radius 3 is 2.27 bits per heavy atom. The molecule has 15 heavy (non-hydrogen) atoms. The van der Waals surface area contributed by atoms with Crippen LogP contribution in [0.15, 0.2) is 0 Å². The molecule has 1 aliphatic rings. The van der Waals surface area contributed by atoms with Crippen molar-refractivity contribution in [3.63, 3.8) is 0 Å². The average molecular weight is 225 g/mol. The zero-order chi connectivity index (χ0) is 11.5. The Bertz CT molecular complexity index is 236. The van der Waals surface area contributed by atoms with E-state index >= 15 is 0 Å². The molecule has 0 radical (unpaired) electrons. The fraction of sp³-hybridized carbons (Fsp3) is 0.875. The number of halogens is 3. The largest absolute Gasteiger partial charge is 0.411 e. The molecule has 0 aliphatic carbocycles. The molecule has 0 aromatic rings. The maximum atomic E-state index is 12.8. The summed E-state index contributed by atoms with van der Waals surface area (Å²) < 4.78 is 38.5. The van der Waals surface area contributed by atoms with E-state index in [9.17, 15) is 18.0 Å². The molecule has 7 heteroatoms. The van der Waals surface area contributed by atoms with Gasteiger partial charge in [0.2, 0.25) is 0 Å². The molecule has 0 unspecified atom stereocenters. The molecule has 0 spiro atoms. The van der Waals surface area contributed by atoms with Crippen molar-refractivity contribution in [2.24, 2.45) is 0 Å². The summed E-state index contributed by atoms with van der Waals surface area (Å²) >= 11 is 0. The van der Waals surface area contributed by atoms with Crippen LogP contribution in [0.5, 0.6) is 0 Å². The van der Waals surface area contributed by atoms with Crippen LogP contribution in [-0.4, -0.2) is 37.9 Å². The maximum Gasteiger partial charge on any atom is 0.411 e. The molecule has 4 nitrogen and oxygen atoms in total. The van der Waals surface area contributed by atoms with Gasteiger partial charge in [0.05, 0.1) is 0 Å². The third-order valence-electron chi connectivity index (χ3n) is 2.58. The second-order valence-electron chi connectivity index (χ2n) is 3.53. The van der Waals surface area contributed by atoms with E-state index in [1.54, 1.807) is 0 Å². The fourth-order valence-electron chi connectivity index (χ4n) is 1.61. The third kappa shape index (κ3) is 2.53. The summed E-state index contributed by atoms with van der Waals surface area (Å²) in [6, 6.07) is -0.797. The summed E-state index contributed by atoms with van der Waals surface area (Å²) in [5, 5.41) is 6.98. The van der Waals surface area contributed by atoms with Crippen molar-refractivity contribution in [2.75, 3.05) is 20.1 Å². The van der Waals surface area contributed by atoms with Gasteiger partial charge in [-0.1, -0.05) is 0 Å². The zero-order valence-corrected chi connectivity index (χ0v) is 8.37. The number of urea groups is 1. The summed E-state index contributed by atoms with van der Waals surface area (Å²) in [4.78, 5) is 11.0. The van der Waals surface area contributed by atoms with E-state index in [4.69, 9.17) is 0 Å². The first kappa shape index (κ1) is 12.1. The van der Waals surface area contributed by atoms with Gasteiger partial charge in [-0.3, -0.25) is 0 Å². The highest BCUT2D eigenvalue weighted by Gasteiger charge is 2.55. The van der Waals surface area contributed by atoms with E-state index < -0.39 is 17.7 Å². The number of amides is 2. The van der Waals surface area contributed by atoms with E-state index in [0.29, 0.717) is 0 Å². The average Bonchev–Trinajstić information content (AvgIpc) is 2.17. The Morgan fingerprint density at radius 2 is 1.87 bits per heavy atom. The molecule has 1 rings (SSSR count). The lowest BCUT2D eigenvalue weighted by molar-refractivity contribution is -0.199. The number of nitrogens with one attached hydrogen (secondary N) is 3. The number of hydrogen-bond acceptors (Lipinski definition) is 2. The lowest BCUT2D eigenvalue weighted by Crippen LogP contribution is -2.64. The topological polar surface area (TPSA) is 53.2 Å². The number of piperidine rings is 1. The van der Waals surface area contributed by atoms with Crippen LogP contribution in [0.3, 0.4) is 0 Å². The first-order valence-electron chi connectivity index (χ1n) is 4.69. The van der Waals surface area contributed by atoms with Gasteiger partial charge < -0.3 is 16.0 Å². The summed E-state index contributed by atoms with van der Waals surface area (Å²) in [6.45, 7) is 0.507. The molecular weight excluding hydrogens is 211 g/mol. The Hall–Kier alpha value is -0.980. The molecular formula is C8H14F3N3O. The minimum absolute atomic E-state index is 0.135. The van der Waals surface area contributed by atoms with Crippen LogP contribution in [0.25, 0.3) is 0 Å². The van der Waals surface area contributed by atoms with Crippen LogP contribution in [0.1, 0.15) is 12.8 Å². The molecule has 1 aliphatic heterocycles. The van der Waals surface area contributed by atoms with E-state index in [2.05, 4.69) is 10.6 Å². The minimum atomic E-state index is -4.42. The van der Waals surface area contributed by atoms with Crippen molar-refractivity contribution in [2.45, 2.75) is 24.6 Å². The van der Waals surface area contributed by atoms with Gasteiger partial charge in [0.15, 0.2) is 0 Å². The molecule has 0 aromatic carbocycles. The molecule has 1 saturated heterocycles. The Labute approximate surface area is 85.6 Å². The van der Waals surface area contributed by atoms with Crippen molar-refractivity contribution in [3.05, 3.63) is 0 Å². The SMILES string of the molecule is CNC(=O)NC1(C(F)(F)F)CCNCC1. The highest BCUT2D eigenvalue weighted by atomic mass is 19.4. The molecule has 0 bridgehead atoms. The first-order chi connectivity index (χ1) is 6.91. The smallest absolute Gasteiger partial charge is 0.341 e. The molecule has 88 valence electrons. The van der Waals surface area contributed by atoms with Gasteiger partial charge in [-0.2, -0.15) is 13.2 Å². The van der Waals surface area contributed by atoms with Crippen molar-refractivity contribution in [1.82, 2.24) is 16.0 Å². The highest BCUT2D eigenvalue weighted by Crippen LogP contribution is 2.36. The van der Waals surface area contributed by atoms with Crippen LogP contribution < -0.4 is 16.0 Å². The van der Waals surface area contributed by atoms with Crippen LogP contribution in [0, 0.1) is 0 Å². The summed E-state index contributed by atoms with van der Waals surface area (Å²) in [5.41, 5.74) is -2.08. The molecule has 1 fully saturated rings. The van der Waals surface area contributed by atoms with Gasteiger partial charge in [0.25, 0.3) is 0 Å². The van der Waals surface area contributed by atoms with Crippen molar-refractivity contribution < 1.29 is 18.0 Å². The first-order valence-corrected chi connectivity index (χ1v) is 4.69. The van der Waals surface area contributed by atoms with Gasteiger partial charge in [-0.05, 0) is 25.9 Å². The predicted octanol–water partition coefficient (Wildman–Crippen LogP) is 0.600. The minimum Gasteiger partial charge on any atom is -0.341 e. The predicted molar refractivity (Wildman–Crippen MR) is 48.5 cm³/mol. The van der Waals surface area contributed by atoms with Crippen LogP contribution >= 0.6 is 0 Å². The fourth-order valence-corrected chi connectivity index (χ4v) is 1.61. The Morgan fingerprint density at radius 1 is 1.33 bits per heavy atom. The van der Waals surface area contributed by atoms with Crippen LogP contribution in [0.4, 0.5) is 18.0 Å². The van der Waals surface area contributed by atoms with E-state index in [1.165, 1.54) is 7.05 Å². The Kier molecular flexibility index (Phi) is 3.43. The summed E-state index contributed by atoms with van der Waals surface area (Å²) in [7, 11) is 1.29. The third-order valence-corrected chi connectivity index (χ3v) is 2.58. The standard InChI is InChI=1S/C8H14F3N3O/c1-12-6(15)14-7(8(9,10)11)2-4-13-5-3-7/h13H,2-5H2,1H3,(H2,12,14,15). The molecule has 2 amide bonds. The van der Waals surface area contributed by atoms with Crippen molar-refractivity contribution in [1.29, 1.82) is 0 Å². The van der Waals surface area contributed by atoms with Gasteiger partial charge in [0, 0.05) is 7.05 Å². The van der Waals surface area contributed by atoms with E-state index in [-0.39, 0.29) is 25.9 Å². The number of carbonyl (C=O) groups excluding carboxylic acids is 1. The van der Waals surface area contributed by atoms with Crippen LogP contribution in [0.2, 0.25) is 0 Å². The number of rotatable bonds is 1. The van der Waals surface area contributed by atoms with E-state index in [0.717, 1.165) is 0 Å².